The molecule has 0 aliphatic rings. The van der Waals surface area contributed by atoms with E-state index in [1.807, 2.05) is 54.6 Å². The molecule has 1 atom stereocenters. The van der Waals surface area contributed by atoms with E-state index in [0.29, 0.717) is 5.69 Å². The minimum Gasteiger partial charge on any atom is -0.497 e. The molecule has 1 N–H and O–H groups in total. The van der Waals surface area contributed by atoms with Gasteiger partial charge in [-0.25, -0.2) is 0 Å². The summed E-state index contributed by atoms with van der Waals surface area (Å²) in [5.74, 6) is 0.829. The van der Waals surface area contributed by atoms with E-state index in [-0.39, 0.29) is 0 Å². The van der Waals surface area contributed by atoms with Crippen LogP contribution in [0.5, 0.6) is 5.75 Å². The predicted molar refractivity (Wildman–Crippen MR) is 78.8 cm³/mol. The maximum absolute atomic E-state index is 10.4. The molecule has 0 fully saturated rings. The smallest absolute Gasteiger partial charge is 0.121 e. The quantitative estimate of drug-likeness (QED) is 0.790. The topological polar surface area (TPSA) is 42.4 Å². The summed E-state index contributed by atoms with van der Waals surface area (Å²) in [6, 6.07) is 17.3. The zero-order chi connectivity index (χ0) is 13.9. The molecule has 1 unspecified atom stereocenters. The first-order chi connectivity index (χ1) is 9.78. The van der Waals surface area contributed by atoms with Gasteiger partial charge in [0.25, 0.3) is 0 Å². The van der Waals surface area contributed by atoms with Crippen molar-refractivity contribution in [2.24, 2.45) is 0 Å². The summed E-state index contributed by atoms with van der Waals surface area (Å²) in [5.41, 5.74) is 1.49. The van der Waals surface area contributed by atoms with Crippen LogP contribution in [0.1, 0.15) is 17.4 Å². The fraction of sp³-hybridized carbons (Fsp3) is 0.118. The van der Waals surface area contributed by atoms with Crippen LogP contribution in [0.25, 0.3) is 10.8 Å². The molecule has 0 amide bonds. The lowest BCUT2D eigenvalue weighted by Crippen LogP contribution is -2.01. The number of hydrogen-bond donors (Lipinski definition) is 1. The molecule has 0 radical (unpaired) electrons. The average Bonchev–Trinajstić information content (AvgIpc) is 2.54. The first-order valence-corrected chi connectivity index (χ1v) is 6.44. The second-order valence-electron chi connectivity index (χ2n) is 4.63. The first-order valence-electron chi connectivity index (χ1n) is 6.44. The Labute approximate surface area is 117 Å². The van der Waals surface area contributed by atoms with Crippen LogP contribution in [0.3, 0.4) is 0 Å². The lowest BCUT2D eigenvalue weighted by atomic mass is 10.0. The largest absolute Gasteiger partial charge is 0.497 e. The molecule has 1 aromatic heterocycles. The van der Waals surface area contributed by atoms with Gasteiger partial charge in [-0.3, -0.25) is 4.98 Å². The highest BCUT2D eigenvalue weighted by Gasteiger charge is 2.11. The highest BCUT2D eigenvalue weighted by atomic mass is 16.5. The maximum atomic E-state index is 10.4. The van der Waals surface area contributed by atoms with E-state index in [1.165, 1.54) is 0 Å². The second kappa shape index (κ2) is 5.31. The molecule has 0 aliphatic heterocycles. The molecule has 0 spiro atoms. The van der Waals surface area contributed by atoms with Crippen molar-refractivity contribution < 1.29 is 9.84 Å². The van der Waals surface area contributed by atoms with Gasteiger partial charge in [-0.05, 0) is 46.7 Å². The zero-order valence-corrected chi connectivity index (χ0v) is 11.2. The van der Waals surface area contributed by atoms with Gasteiger partial charge in [-0.1, -0.05) is 24.3 Å². The van der Waals surface area contributed by atoms with Crippen LogP contribution < -0.4 is 4.74 Å². The molecule has 1 heterocycles. The molecule has 100 valence electrons. The molecule has 2 aromatic carbocycles. The molecule has 0 bridgehead atoms. The van der Waals surface area contributed by atoms with Crippen molar-refractivity contribution >= 4 is 10.8 Å². The molecule has 20 heavy (non-hydrogen) atoms. The summed E-state index contributed by atoms with van der Waals surface area (Å²) >= 11 is 0. The standard InChI is InChI=1S/C17H15NO2/c1-20-15-8-7-12-10-14(6-5-13(12)11-15)17(19)16-4-2-3-9-18-16/h2-11,17,19H,1H3. The van der Waals surface area contributed by atoms with Gasteiger partial charge in [-0.15, -0.1) is 0 Å². The van der Waals surface area contributed by atoms with Crippen LogP contribution in [0.15, 0.2) is 60.8 Å². The third-order valence-corrected chi connectivity index (χ3v) is 3.36. The van der Waals surface area contributed by atoms with Gasteiger partial charge in [0.1, 0.15) is 11.9 Å². The highest BCUT2D eigenvalue weighted by Crippen LogP contribution is 2.26. The number of ether oxygens (including phenoxy) is 1. The normalized spacial score (nSPS) is 12.3. The number of aliphatic hydroxyl groups excluding tert-OH is 1. The summed E-state index contributed by atoms with van der Waals surface area (Å²) in [6.45, 7) is 0. The molecule has 3 aromatic rings. The lowest BCUT2D eigenvalue weighted by Gasteiger charge is -2.11. The molecular weight excluding hydrogens is 250 g/mol. The summed E-state index contributed by atoms with van der Waals surface area (Å²) in [6.07, 6.45) is 0.979. The molecule has 0 saturated carbocycles. The van der Waals surface area contributed by atoms with Crippen molar-refractivity contribution in [2.75, 3.05) is 7.11 Å². The number of rotatable bonds is 3. The summed E-state index contributed by atoms with van der Waals surface area (Å²) in [5, 5.41) is 12.5. The number of nitrogens with zero attached hydrogens (tertiary/aromatic N) is 1. The molecule has 0 saturated heterocycles. The predicted octanol–water partition coefficient (Wildman–Crippen LogP) is 3.33. The van der Waals surface area contributed by atoms with E-state index in [4.69, 9.17) is 4.74 Å². The van der Waals surface area contributed by atoms with Crippen molar-refractivity contribution in [1.82, 2.24) is 4.98 Å². The van der Waals surface area contributed by atoms with Gasteiger partial charge < -0.3 is 9.84 Å². The van der Waals surface area contributed by atoms with E-state index >= 15 is 0 Å². The number of pyridine rings is 1. The first kappa shape index (κ1) is 12.6. The number of aliphatic hydroxyl groups is 1. The number of benzene rings is 2. The number of methoxy groups -OCH3 is 1. The SMILES string of the molecule is COc1ccc2cc(C(O)c3ccccn3)ccc2c1. The molecule has 0 aliphatic carbocycles. The van der Waals surface area contributed by atoms with Crippen LogP contribution >= 0.6 is 0 Å². The van der Waals surface area contributed by atoms with Gasteiger partial charge in [-0.2, -0.15) is 0 Å². The van der Waals surface area contributed by atoms with E-state index in [0.717, 1.165) is 22.1 Å². The fourth-order valence-electron chi connectivity index (χ4n) is 2.25. The Morgan fingerprint density at radius 3 is 2.55 bits per heavy atom. The van der Waals surface area contributed by atoms with E-state index in [2.05, 4.69) is 4.98 Å². The monoisotopic (exact) mass is 265 g/mol. The van der Waals surface area contributed by atoms with Crippen LogP contribution in [0.4, 0.5) is 0 Å². The van der Waals surface area contributed by atoms with Crippen LogP contribution in [0, 0.1) is 0 Å². The maximum Gasteiger partial charge on any atom is 0.121 e. The minimum atomic E-state index is -0.706. The van der Waals surface area contributed by atoms with Gasteiger partial charge in [0, 0.05) is 6.20 Å². The van der Waals surface area contributed by atoms with E-state index in [9.17, 15) is 5.11 Å². The third kappa shape index (κ3) is 2.36. The average molecular weight is 265 g/mol. The minimum absolute atomic E-state index is 0.653. The summed E-state index contributed by atoms with van der Waals surface area (Å²) in [7, 11) is 1.65. The van der Waals surface area contributed by atoms with Crippen molar-refractivity contribution in [2.45, 2.75) is 6.10 Å². The fourth-order valence-corrected chi connectivity index (χ4v) is 2.25. The lowest BCUT2D eigenvalue weighted by molar-refractivity contribution is 0.215. The van der Waals surface area contributed by atoms with Crippen molar-refractivity contribution in [3.63, 3.8) is 0 Å². The second-order valence-corrected chi connectivity index (χ2v) is 4.63. The Kier molecular flexibility index (Phi) is 3.35. The number of aromatic nitrogens is 1. The summed E-state index contributed by atoms with van der Waals surface area (Å²) in [4.78, 5) is 4.19. The van der Waals surface area contributed by atoms with E-state index < -0.39 is 6.10 Å². The Bertz CT molecular complexity index is 725. The molecular formula is C17H15NO2. The Hall–Kier alpha value is -2.39. The molecule has 3 nitrogen and oxygen atoms in total. The third-order valence-electron chi connectivity index (χ3n) is 3.36. The van der Waals surface area contributed by atoms with Crippen LogP contribution in [-0.4, -0.2) is 17.2 Å². The Morgan fingerprint density at radius 2 is 1.80 bits per heavy atom. The van der Waals surface area contributed by atoms with Crippen molar-refractivity contribution in [3.8, 4) is 5.75 Å². The highest BCUT2D eigenvalue weighted by molar-refractivity contribution is 5.84. The van der Waals surface area contributed by atoms with E-state index in [1.54, 1.807) is 13.3 Å². The van der Waals surface area contributed by atoms with Crippen molar-refractivity contribution in [3.05, 3.63) is 72.1 Å². The van der Waals surface area contributed by atoms with Crippen LogP contribution in [-0.2, 0) is 0 Å². The Balaban J connectivity index is 2.01. The zero-order valence-electron chi connectivity index (χ0n) is 11.2. The number of fused-ring (bicyclic) bond motifs is 1. The van der Waals surface area contributed by atoms with Gasteiger partial charge in [0.15, 0.2) is 0 Å². The van der Waals surface area contributed by atoms with Crippen molar-refractivity contribution in [1.29, 1.82) is 0 Å². The number of hydrogen-bond acceptors (Lipinski definition) is 3. The van der Waals surface area contributed by atoms with Gasteiger partial charge >= 0.3 is 0 Å². The molecule has 3 heteroatoms. The van der Waals surface area contributed by atoms with Crippen LogP contribution in [0.2, 0.25) is 0 Å². The molecule has 3 rings (SSSR count). The van der Waals surface area contributed by atoms with Gasteiger partial charge in [0.2, 0.25) is 0 Å². The summed E-state index contributed by atoms with van der Waals surface area (Å²) < 4.78 is 5.21. The van der Waals surface area contributed by atoms with Gasteiger partial charge in [0.05, 0.1) is 12.8 Å². The Morgan fingerprint density at radius 1 is 1.00 bits per heavy atom.